The highest BCUT2D eigenvalue weighted by molar-refractivity contribution is 6.36. The van der Waals surface area contributed by atoms with Gasteiger partial charge in [-0.3, -0.25) is 0 Å². The van der Waals surface area contributed by atoms with E-state index in [-0.39, 0.29) is 0 Å². The predicted molar refractivity (Wildman–Crippen MR) is 48.4 cm³/mol. The van der Waals surface area contributed by atoms with Gasteiger partial charge in [-0.15, -0.1) is 0 Å². The molecule has 2 heteroatoms. The number of halogens is 2. The van der Waals surface area contributed by atoms with Crippen molar-refractivity contribution in [1.29, 1.82) is 0 Å². The standard InChI is InChI=1S/C8H10Cl2/c1-4-7(9)6(3)8(10)5-2/h4-5H,1H2,2-3H3/b7-6+,8-5+. The third-order valence-corrected chi connectivity index (χ3v) is 2.09. The molecule has 0 aliphatic carbocycles. The van der Waals surface area contributed by atoms with Gasteiger partial charge in [0.05, 0.1) is 0 Å². The third-order valence-electron chi connectivity index (χ3n) is 1.15. The van der Waals surface area contributed by atoms with Crippen LogP contribution in [0.4, 0.5) is 0 Å². The van der Waals surface area contributed by atoms with Crippen LogP contribution in [0.3, 0.4) is 0 Å². The highest BCUT2D eigenvalue weighted by atomic mass is 35.5. The van der Waals surface area contributed by atoms with Crippen molar-refractivity contribution in [1.82, 2.24) is 0 Å². The van der Waals surface area contributed by atoms with Gasteiger partial charge in [0.25, 0.3) is 0 Å². The van der Waals surface area contributed by atoms with Crippen molar-refractivity contribution >= 4 is 23.2 Å². The van der Waals surface area contributed by atoms with Crippen LogP contribution in [0.25, 0.3) is 0 Å². The van der Waals surface area contributed by atoms with E-state index in [4.69, 9.17) is 23.2 Å². The lowest BCUT2D eigenvalue weighted by atomic mass is 10.2. The Hall–Kier alpha value is -0.200. The molecule has 0 heterocycles. The average molecular weight is 177 g/mol. The van der Waals surface area contributed by atoms with Crippen LogP contribution in [-0.4, -0.2) is 0 Å². The fourth-order valence-electron chi connectivity index (χ4n) is 0.484. The van der Waals surface area contributed by atoms with E-state index in [9.17, 15) is 0 Å². The molecule has 0 atom stereocenters. The predicted octanol–water partition coefficient (Wildman–Crippen LogP) is 3.83. The molecule has 0 N–H and O–H groups in total. The summed E-state index contributed by atoms with van der Waals surface area (Å²) in [4.78, 5) is 0. The smallest absolute Gasteiger partial charge is 0.0444 e. The summed E-state index contributed by atoms with van der Waals surface area (Å²) < 4.78 is 0. The Bertz CT molecular complexity index is 187. The Morgan fingerprint density at radius 1 is 1.40 bits per heavy atom. The first-order valence-corrected chi connectivity index (χ1v) is 3.70. The topological polar surface area (TPSA) is 0 Å². The van der Waals surface area contributed by atoms with Crippen LogP contribution in [0.1, 0.15) is 13.8 Å². The molecule has 10 heavy (non-hydrogen) atoms. The highest BCUT2D eigenvalue weighted by Gasteiger charge is 1.97. The summed E-state index contributed by atoms with van der Waals surface area (Å²) in [7, 11) is 0. The first kappa shape index (κ1) is 9.80. The zero-order valence-electron chi connectivity index (χ0n) is 6.12. The second-order valence-corrected chi connectivity index (χ2v) is 2.63. The molecular weight excluding hydrogens is 167 g/mol. The molecule has 0 aromatic carbocycles. The fourth-order valence-corrected chi connectivity index (χ4v) is 0.736. The van der Waals surface area contributed by atoms with Crippen molar-refractivity contribution in [3.05, 3.63) is 34.4 Å². The highest BCUT2D eigenvalue weighted by Crippen LogP contribution is 2.20. The summed E-state index contributed by atoms with van der Waals surface area (Å²) in [5, 5.41) is 1.27. The average Bonchev–Trinajstić information content (AvgIpc) is 2.00. The van der Waals surface area contributed by atoms with Gasteiger partial charge in [0.15, 0.2) is 0 Å². The lowest BCUT2D eigenvalue weighted by molar-refractivity contribution is 1.45. The fraction of sp³-hybridized carbons (Fsp3) is 0.250. The van der Waals surface area contributed by atoms with Crippen molar-refractivity contribution in [2.75, 3.05) is 0 Å². The van der Waals surface area contributed by atoms with Gasteiger partial charge in [-0.05, 0) is 19.4 Å². The second kappa shape index (κ2) is 4.59. The Morgan fingerprint density at radius 2 is 1.90 bits per heavy atom. The number of allylic oxidation sites excluding steroid dienone is 5. The molecule has 0 aliphatic rings. The van der Waals surface area contributed by atoms with Crippen LogP contribution in [-0.2, 0) is 0 Å². The normalized spacial score (nSPS) is 14.6. The molecule has 0 nitrogen and oxygen atoms in total. The molecule has 0 aromatic rings. The van der Waals surface area contributed by atoms with Gasteiger partial charge in [0, 0.05) is 10.1 Å². The Kier molecular flexibility index (Phi) is 4.50. The number of hydrogen-bond acceptors (Lipinski definition) is 0. The summed E-state index contributed by atoms with van der Waals surface area (Å²) in [6, 6.07) is 0. The molecule has 0 aliphatic heterocycles. The number of rotatable bonds is 2. The minimum absolute atomic E-state index is 0.600. The monoisotopic (exact) mass is 176 g/mol. The van der Waals surface area contributed by atoms with Crippen LogP contribution >= 0.6 is 23.2 Å². The van der Waals surface area contributed by atoms with Gasteiger partial charge in [-0.25, -0.2) is 0 Å². The van der Waals surface area contributed by atoms with Crippen LogP contribution in [0, 0.1) is 0 Å². The maximum atomic E-state index is 5.76. The van der Waals surface area contributed by atoms with Crippen LogP contribution < -0.4 is 0 Å². The van der Waals surface area contributed by atoms with Crippen molar-refractivity contribution in [3.63, 3.8) is 0 Å². The molecular formula is C8H10Cl2. The Balaban J connectivity index is 4.63. The minimum atomic E-state index is 0.600. The van der Waals surface area contributed by atoms with E-state index in [2.05, 4.69) is 6.58 Å². The van der Waals surface area contributed by atoms with Crippen LogP contribution in [0.15, 0.2) is 34.4 Å². The van der Waals surface area contributed by atoms with E-state index < -0.39 is 0 Å². The van der Waals surface area contributed by atoms with Crippen molar-refractivity contribution in [2.45, 2.75) is 13.8 Å². The minimum Gasteiger partial charge on any atom is -0.0976 e. The molecule has 0 fully saturated rings. The Morgan fingerprint density at radius 3 is 2.20 bits per heavy atom. The molecule has 0 rings (SSSR count). The molecule has 0 radical (unpaired) electrons. The summed E-state index contributed by atoms with van der Waals surface area (Å²) in [5.74, 6) is 0. The first-order chi connectivity index (χ1) is 4.63. The summed E-state index contributed by atoms with van der Waals surface area (Å²) in [5.41, 5.74) is 0.862. The van der Waals surface area contributed by atoms with E-state index in [1.165, 1.54) is 0 Å². The quantitative estimate of drug-likeness (QED) is 0.562. The van der Waals surface area contributed by atoms with Gasteiger partial charge in [-0.2, -0.15) is 0 Å². The van der Waals surface area contributed by atoms with E-state index >= 15 is 0 Å². The molecule has 0 bridgehead atoms. The molecule has 56 valence electrons. The van der Waals surface area contributed by atoms with Crippen molar-refractivity contribution in [3.8, 4) is 0 Å². The zero-order valence-corrected chi connectivity index (χ0v) is 7.63. The van der Waals surface area contributed by atoms with Gasteiger partial charge in [0.1, 0.15) is 0 Å². The molecule has 0 unspecified atom stereocenters. The lowest BCUT2D eigenvalue weighted by Gasteiger charge is -1.98. The largest absolute Gasteiger partial charge is 0.0976 e. The van der Waals surface area contributed by atoms with Gasteiger partial charge in [0.2, 0.25) is 0 Å². The zero-order chi connectivity index (χ0) is 8.15. The maximum absolute atomic E-state index is 5.76. The first-order valence-electron chi connectivity index (χ1n) is 2.94. The summed E-state index contributed by atoms with van der Waals surface area (Å²) >= 11 is 11.5. The van der Waals surface area contributed by atoms with E-state index in [0.29, 0.717) is 10.1 Å². The van der Waals surface area contributed by atoms with Gasteiger partial charge >= 0.3 is 0 Å². The van der Waals surface area contributed by atoms with Crippen LogP contribution in [0.5, 0.6) is 0 Å². The third kappa shape index (κ3) is 2.59. The van der Waals surface area contributed by atoms with Crippen LogP contribution in [0.2, 0.25) is 0 Å². The molecule has 0 amide bonds. The van der Waals surface area contributed by atoms with Gasteiger partial charge in [-0.1, -0.05) is 41.9 Å². The van der Waals surface area contributed by atoms with Crippen molar-refractivity contribution in [2.24, 2.45) is 0 Å². The second-order valence-electron chi connectivity index (χ2n) is 1.81. The SMILES string of the molecule is C=C/C(Cl)=C(C)\C(Cl)=C/C. The van der Waals surface area contributed by atoms with Crippen molar-refractivity contribution < 1.29 is 0 Å². The van der Waals surface area contributed by atoms with E-state index in [1.54, 1.807) is 12.2 Å². The van der Waals surface area contributed by atoms with E-state index in [1.807, 2.05) is 13.8 Å². The lowest BCUT2D eigenvalue weighted by Crippen LogP contribution is -1.77. The number of hydrogen-bond donors (Lipinski definition) is 0. The molecule has 0 saturated heterocycles. The Labute approximate surface area is 71.8 Å². The molecule has 0 aromatic heterocycles. The van der Waals surface area contributed by atoms with E-state index in [0.717, 1.165) is 5.57 Å². The van der Waals surface area contributed by atoms with Gasteiger partial charge < -0.3 is 0 Å². The summed E-state index contributed by atoms with van der Waals surface area (Å²) in [6.07, 6.45) is 3.37. The maximum Gasteiger partial charge on any atom is 0.0444 e. The molecule has 0 spiro atoms. The molecule has 0 saturated carbocycles. The summed E-state index contributed by atoms with van der Waals surface area (Å²) in [6.45, 7) is 7.24.